The maximum Gasteiger partial charge on any atom is 0.270 e. The van der Waals surface area contributed by atoms with Gasteiger partial charge in [-0.1, -0.05) is 13.8 Å². The van der Waals surface area contributed by atoms with Crippen molar-refractivity contribution in [1.29, 1.82) is 0 Å². The Labute approximate surface area is 108 Å². The smallest absolute Gasteiger partial charge is 0.270 e. The zero-order valence-corrected chi connectivity index (χ0v) is 10.3. The number of hydrogen-bond donors (Lipinski definition) is 0. The van der Waals surface area contributed by atoms with Crippen molar-refractivity contribution in [3.8, 4) is 0 Å². The molecule has 0 aliphatic carbocycles. The van der Waals surface area contributed by atoms with Gasteiger partial charge in [-0.2, -0.15) is 0 Å². The molecule has 11 heavy (non-hydrogen) atoms. The van der Waals surface area contributed by atoms with Crippen LogP contribution in [-0.2, 0) is 4.79 Å². The second-order valence-electron chi connectivity index (χ2n) is 2.03. The van der Waals surface area contributed by atoms with Crippen molar-refractivity contribution in [3.05, 3.63) is 10.1 Å². The van der Waals surface area contributed by atoms with E-state index in [4.69, 9.17) is 0 Å². The van der Waals surface area contributed by atoms with E-state index in [9.17, 15) is 14.9 Å². The first-order valence-electron chi connectivity index (χ1n) is 3.29. The predicted molar refractivity (Wildman–Crippen MR) is 42.1 cm³/mol. The average Bonchev–Trinajstić information content (AvgIpc) is 1.88. The molecule has 1 atom stereocenters. The van der Waals surface area contributed by atoms with Crippen LogP contribution in [0.3, 0.4) is 0 Å². The Balaban J connectivity index is 0. The van der Waals surface area contributed by atoms with Crippen LogP contribution in [0.4, 0.5) is 0 Å². The van der Waals surface area contributed by atoms with Crippen LogP contribution in [-0.4, -0.2) is 68.1 Å². The molecule has 0 aliphatic heterocycles. The molecular formula is C6H11KNO3. The van der Waals surface area contributed by atoms with Gasteiger partial charge in [0.05, 0.1) is 0 Å². The second-order valence-corrected chi connectivity index (χ2v) is 2.03. The molecule has 59 valence electrons. The van der Waals surface area contributed by atoms with Crippen LogP contribution in [0.15, 0.2) is 0 Å². The minimum atomic E-state index is -0.981. The van der Waals surface area contributed by atoms with Gasteiger partial charge in [-0.15, -0.1) is 0 Å². The summed E-state index contributed by atoms with van der Waals surface area (Å²) in [7, 11) is 0. The van der Waals surface area contributed by atoms with E-state index in [-0.39, 0.29) is 63.6 Å². The predicted octanol–water partition coefficient (Wildman–Crippen LogP) is 0.640. The molecular weight excluding hydrogens is 173 g/mol. The normalized spacial score (nSPS) is 11.5. The fraction of sp³-hybridized carbons (Fsp3) is 0.833. The van der Waals surface area contributed by atoms with Crippen LogP contribution in [0, 0.1) is 10.1 Å². The molecule has 0 aromatic carbocycles. The van der Waals surface area contributed by atoms with E-state index >= 15 is 0 Å². The van der Waals surface area contributed by atoms with Crippen molar-refractivity contribution in [2.75, 3.05) is 0 Å². The minimum absolute atomic E-state index is 0. The summed E-state index contributed by atoms with van der Waals surface area (Å²) in [5.41, 5.74) is 0. The van der Waals surface area contributed by atoms with E-state index in [1.807, 2.05) is 0 Å². The fourth-order valence-corrected chi connectivity index (χ4v) is 0.730. The van der Waals surface area contributed by atoms with Gasteiger partial charge < -0.3 is 0 Å². The summed E-state index contributed by atoms with van der Waals surface area (Å²) in [4.78, 5) is 20.3. The topological polar surface area (TPSA) is 60.2 Å². The molecule has 0 N–H and O–H groups in total. The van der Waals surface area contributed by atoms with Crippen LogP contribution in [0.5, 0.6) is 0 Å². The van der Waals surface area contributed by atoms with Gasteiger partial charge in [0.15, 0.2) is 0 Å². The van der Waals surface area contributed by atoms with E-state index in [1.54, 1.807) is 13.8 Å². The summed E-state index contributed by atoms with van der Waals surface area (Å²) >= 11 is 0. The first kappa shape index (κ1) is 14.2. The molecule has 0 aromatic rings. The summed E-state index contributed by atoms with van der Waals surface area (Å²) in [6.07, 6.45) is 0.541. The van der Waals surface area contributed by atoms with Crippen molar-refractivity contribution >= 4 is 57.2 Å². The molecule has 0 spiro atoms. The number of carbonyl (C=O) groups excluding carboxylic acids is 1. The minimum Gasteiger partial charge on any atom is -0.292 e. The molecule has 1 unspecified atom stereocenters. The van der Waals surface area contributed by atoms with Crippen LogP contribution in [0.1, 0.15) is 26.7 Å². The molecule has 0 saturated heterocycles. The molecule has 4 nitrogen and oxygen atoms in total. The van der Waals surface area contributed by atoms with Gasteiger partial charge in [0.25, 0.3) is 6.04 Å². The largest absolute Gasteiger partial charge is 0.292 e. The SMILES string of the molecule is CCC(=O)C(CC)[N+](=O)[O-].[K]. The summed E-state index contributed by atoms with van der Waals surface area (Å²) in [6.45, 7) is 3.27. The monoisotopic (exact) mass is 184 g/mol. The number of hydrogen-bond acceptors (Lipinski definition) is 3. The summed E-state index contributed by atoms with van der Waals surface area (Å²) in [5, 5.41) is 10.1. The molecule has 0 rings (SSSR count). The Morgan fingerprint density at radius 3 is 2.09 bits per heavy atom. The molecule has 0 fully saturated rings. The van der Waals surface area contributed by atoms with Gasteiger partial charge in [0.2, 0.25) is 5.78 Å². The van der Waals surface area contributed by atoms with Crippen molar-refractivity contribution in [1.82, 2.24) is 0 Å². The Hall–Kier alpha value is 0.706. The van der Waals surface area contributed by atoms with E-state index < -0.39 is 11.0 Å². The first-order chi connectivity index (χ1) is 4.63. The second kappa shape index (κ2) is 7.36. The number of nitrogens with zero attached hydrogens (tertiary/aromatic N) is 1. The van der Waals surface area contributed by atoms with Gasteiger partial charge in [-0.05, 0) is 0 Å². The van der Waals surface area contributed by atoms with Gasteiger partial charge in [-0.25, -0.2) is 0 Å². The molecule has 0 heterocycles. The van der Waals surface area contributed by atoms with E-state index in [2.05, 4.69) is 0 Å². The molecule has 5 heteroatoms. The molecule has 0 saturated carbocycles. The van der Waals surface area contributed by atoms with Gasteiger partial charge in [-0.3, -0.25) is 14.9 Å². The van der Waals surface area contributed by atoms with E-state index in [0.717, 1.165) is 0 Å². The Morgan fingerprint density at radius 1 is 1.55 bits per heavy atom. The zero-order chi connectivity index (χ0) is 8.15. The van der Waals surface area contributed by atoms with Crippen LogP contribution in [0.2, 0.25) is 0 Å². The number of carbonyl (C=O) groups is 1. The van der Waals surface area contributed by atoms with Crippen molar-refractivity contribution in [3.63, 3.8) is 0 Å². The Bertz CT molecular complexity index is 149. The first-order valence-corrected chi connectivity index (χ1v) is 3.29. The third kappa shape index (κ3) is 5.03. The van der Waals surface area contributed by atoms with Crippen molar-refractivity contribution in [2.45, 2.75) is 32.7 Å². The molecule has 1 radical (unpaired) electrons. The maximum absolute atomic E-state index is 10.7. The number of ketones is 1. The number of rotatable bonds is 4. The quantitative estimate of drug-likeness (QED) is 0.366. The molecule has 0 aromatic heterocycles. The maximum atomic E-state index is 10.7. The fourth-order valence-electron chi connectivity index (χ4n) is 0.730. The third-order valence-electron chi connectivity index (χ3n) is 1.36. The van der Waals surface area contributed by atoms with Gasteiger partial charge in [0, 0.05) is 69.1 Å². The molecule has 0 amide bonds. The molecule has 0 aliphatic rings. The van der Waals surface area contributed by atoms with Crippen LogP contribution >= 0.6 is 0 Å². The molecule has 0 bridgehead atoms. The number of Topliss-reactive ketones (excluding diaryl/α,β-unsaturated/α-hetero) is 1. The van der Waals surface area contributed by atoms with Crippen LogP contribution in [0.25, 0.3) is 0 Å². The summed E-state index contributed by atoms with van der Waals surface area (Å²) < 4.78 is 0. The van der Waals surface area contributed by atoms with Crippen molar-refractivity contribution in [2.24, 2.45) is 0 Å². The standard InChI is InChI=1S/C6H11NO3.K/c1-3-5(7(9)10)6(8)4-2;/h5H,3-4H2,1-2H3;. The summed E-state index contributed by atoms with van der Waals surface area (Å²) in [5.74, 6) is -0.285. The van der Waals surface area contributed by atoms with Crippen LogP contribution < -0.4 is 0 Å². The Morgan fingerprint density at radius 2 is 2.00 bits per heavy atom. The van der Waals surface area contributed by atoms with E-state index in [0.29, 0.717) is 6.42 Å². The summed E-state index contributed by atoms with van der Waals surface area (Å²) in [6, 6.07) is -0.981. The van der Waals surface area contributed by atoms with Gasteiger partial charge >= 0.3 is 0 Å². The Kier molecular flexibility index (Phi) is 9.53. The third-order valence-corrected chi connectivity index (χ3v) is 1.36. The zero-order valence-electron chi connectivity index (χ0n) is 7.16. The number of nitro groups is 1. The average molecular weight is 184 g/mol. The van der Waals surface area contributed by atoms with Gasteiger partial charge in [0.1, 0.15) is 0 Å². The van der Waals surface area contributed by atoms with E-state index in [1.165, 1.54) is 0 Å². The van der Waals surface area contributed by atoms with Crippen molar-refractivity contribution < 1.29 is 9.72 Å².